The zero-order chi connectivity index (χ0) is 9.97. The first-order valence-electron chi connectivity index (χ1n) is 4.53. The highest BCUT2D eigenvalue weighted by atomic mass is 35.5. The van der Waals surface area contributed by atoms with E-state index in [1.807, 2.05) is 4.90 Å². The van der Waals surface area contributed by atoms with E-state index in [2.05, 4.69) is 15.0 Å². The molecule has 1 unspecified atom stereocenters. The van der Waals surface area contributed by atoms with Gasteiger partial charge in [-0.25, -0.2) is 9.97 Å². The van der Waals surface area contributed by atoms with E-state index in [4.69, 9.17) is 11.6 Å². The molecular formula is C8H11ClN4O. The summed E-state index contributed by atoms with van der Waals surface area (Å²) in [4.78, 5) is 13.6. The molecular weight excluding hydrogens is 204 g/mol. The lowest BCUT2D eigenvalue weighted by Gasteiger charge is -2.29. The Morgan fingerprint density at radius 3 is 3.07 bits per heavy atom. The van der Waals surface area contributed by atoms with Crippen LogP contribution >= 0.6 is 11.6 Å². The number of halogens is 1. The van der Waals surface area contributed by atoms with Crippen LogP contribution in [0.4, 0.5) is 5.95 Å². The molecule has 0 aromatic carbocycles. The van der Waals surface area contributed by atoms with E-state index in [-0.39, 0.29) is 11.4 Å². The van der Waals surface area contributed by atoms with Crippen LogP contribution < -0.4 is 4.90 Å². The van der Waals surface area contributed by atoms with E-state index in [1.54, 1.807) is 0 Å². The van der Waals surface area contributed by atoms with Gasteiger partial charge in [0.2, 0.25) is 11.2 Å². The van der Waals surface area contributed by atoms with Gasteiger partial charge in [0.05, 0.1) is 6.10 Å². The molecule has 0 amide bonds. The molecule has 1 aromatic rings. The fraction of sp³-hybridized carbons (Fsp3) is 0.625. The van der Waals surface area contributed by atoms with E-state index in [9.17, 15) is 5.11 Å². The Hall–Kier alpha value is -0.940. The third-order valence-electron chi connectivity index (χ3n) is 2.21. The molecule has 1 fully saturated rings. The number of anilines is 1. The summed E-state index contributed by atoms with van der Waals surface area (Å²) in [6.45, 7) is 1.43. The minimum absolute atomic E-state index is 0.190. The summed E-state index contributed by atoms with van der Waals surface area (Å²) in [7, 11) is 0. The lowest BCUT2D eigenvalue weighted by atomic mass is 10.1. The number of aliphatic hydroxyl groups excluding tert-OH is 1. The smallest absolute Gasteiger partial charge is 0.229 e. The quantitative estimate of drug-likeness (QED) is 0.737. The molecule has 1 aromatic heterocycles. The van der Waals surface area contributed by atoms with Crippen LogP contribution in [0.15, 0.2) is 6.33 Å². The maximum absolute atomic E-state index is 9.46. The Bertz CT molecular complexity index is 322. The molecule has 2 rings (SSSR count). The maximum Gasteiger partial charge on any atom is 0.229 e. The minimum atomic E-state index is -0.292. The maximum atomic E-state index is 9.46. The van der Waals surface area contributed by atoms with Gasteiger partial charge in [0.25, 0.3) is 0 Å². The van der Waals surface area contributed by atoms with Gasteiger partial charge in [-0.15, -0.1) is 0 Å². The molecule has 6 heteroatoms. The second-order valence-electron chi connectivity index (χ2n) is 3.30. The third kappa shape index (κ3) is 2.10. The molecule has 1 atom stereocenters. The molecule has 76 valence electrons. The van der Waals surface area contributed by atoms with Gasteiger partial charge in [-0.2, -0.15) is 4.98 Å². The van der Waals surface area contributed by atoms with Gasteiger partial charge in [0.1, 0.15) is 6.33 Å². The van der Waals surface area contributed by atoms with Crippen molar-refractivity contribution in [1.29, 1.82) is 0 Å². The van der Waals surface area contributed by atoms with Crippen molar-refractivity contribution < 1.29 is 5.11 Å². The molecule has 1 N–H and O–H groups in total. The molecule has 5 nitrogen and oxygen atoms in total. The van der Waals surface area contributed by atoms with Crippen LogP contribution in [0.25, 0.3) is 0 Å². The van der Waals surface area contributed by atoms with Gasteiger partial charge in [-0.1, -0.05) is 0 Å². The summed E-state index contributed by atoms with van der Waals surface area (Å²) >= 11 is 5.65. The van der Waals surface area contributed by atoms with Gasteiger partial charge in [0, 0.05) is 13.1 Å². The molecule has 1 aliphatic rings. The second kappa shape index (κ2) is 4.06. The lowest BCUT2D eigenvalue weighted by Crippen LogP contribution is -2.39. The van der Waals surface area contributed by atoms with Crippen molar-refractivity contribution in [2.45, 2.75) is 18.9 Å². The summed E-state index contributed by atoms with van der Waals surface area (Å²) < 4.78 is 0. The van der Waals surface area contributed by atoms with E-state index in [0.29, 0.717) is 12.5 Å². The van der Waals surface area contributed by atoms with Gasteiger partial charge < -0.3 is 10.0 Å². The largest absolute Gasteiger partial charge is 0.391 e. The van der Waals surface area contributed by atoms with Crippen molar-refractivity contribution in [2.75, 3.05) is 18.0 Å². The number of piperidine rings is 1. The molecule has 0 spiro atoms. The number of aromatic nitrogens is 3. The van der Waals surface area contributed by atoms with Crippen molar-refractivity contribution in [1.82, 2.24) is 15.0 Å². The van der Waals surface area contributed by atoms with Crippen LogP contribution in [0.1, 0.15) is 12.8 Å². The highest BCUT2D eigenvalue weighted by molar-refractivity contribution is 6.28. The standard InChI is InChI=1S/C8H11ClN4O/c9-7-10-5-11-8(12-7)13-3-1-2-6(14)4-13/h5-6,14H,1-4H2. The fourth-order valence-corrected chi connectivity index (χ4v) is 1.68. The summed E-state index contributed by atoms with van der Waals surface area (Å²) in [5.74, 6) is 0.545. The van der Waals surface area contributed by atoms with Crippen LogP contribution in [0.2, 0.25) is 5.28 Å². The Labute approximate surface area is 86.8 Å². The molecule has 0 aliphatic carbocycles. The van der Waals surface area contributed by atoms with Gasteiger partial charge in [-0.05, 0) is 24.4 Å². The minimum Gasteiger partial charge on any atom is -0.391 e. The lowest BCUT2D eigenvalue weighted by molar-refractivity contribution is 0.153. The SMILES string of the molecule is OC1CCCN(c2ncnc(Cl)n2)C1. The number of hydrogen-bond donors (Lipinski definition) is 1. The average Bonchev–Trinajstić information content (AvgIpc) is 2.18. The van der Waals surface area contributed by atoms with Crippen molar-refractivity contribution >= 4 is 17.5 Å². The van der Waals surface area contributed by atoms with Gasteiger partial charge in [0.15, 0.2) is 0 Å². The van der Waals surface area contributed by atoms with Crippen molar-refractivity contribution in [2.24, 2.45) is 0 Å². The first-order chi connectivity index (χ1) is 6.75. The van der Waals surface area contributed by atoms with Crippen LogP contribution in [-0.2, 0) is 0 Å². The van der Waals surface area contributed by atoms with E-state index < -0.39 is 0 Å². The fourth-order valence-electron chi connectivity index (χ4n) is 1.56. The first kappa shape index (κ1) is 9.61. The topological polar surface area (TPSA) is 62.1 Å². The highest BCUT2D eigenvalue weighted by Gasteiger charge is 2.19. The van der Waals surface area contributed by atoms with Crippen molar-refractivity contribution in [3.63, 3.8) is 0 Å². The Balaban J connectivity index is 2.14. The monoisotopic (exact) mass is 214 g/mol. The summed E-state index contributed by atoms with van der Waals surface area (Å²) in [6, 6.07) is 0. The number of nitrogens with zero attached hydrogens (tertiary/aromatic N) is 4. The third-order valence-corrected chi connectivity index (χ3v) is 2.39. The van der Waals surface area contributed by atoms with E-state index in [0.717, 1.165) is 19.4 Å². The van der Waals surface area contributed by atoms with Crippen molar-refractivity contribution in [3.8, 4) is 0 Å². The number of hydrogen-bond acceptors (Lipinski definition) is 5. The Kier molecular flexibility index (Phi) is 2.79. The van der Waals surface area contributed by atoms with Gasteiger partial charge in [-0.3, -0.25) is 0 Å². The van der Waals surface area contributed by atoms with E-state index >= 15 is 0 Å². The van der Waals surface area contributed by atoms with Crippen molar-refractivity contribution in [3.05, 3.63) is 11.6 Å². The van der Waals surface area contributed by atoms with Crippen LogP contribution in [0, 0.1) is 0 Å². The molecule has 0 radical (unpaired) electrons. The molecule has 0 bridgehead atoms. The molecule has 1 aliphatic heterocycles. The summed E-state index contributed by atoms with van der Waals surface area (Å²) in [5, 5.41) is 9.65. The zero-order valence-corrected chi connectivity index (χ0v) is 8.35. The zero-order valence-electron chi connectivity index (χ0n) is 7.60. The average molecular weight is 215 g/mol. The van der Waals surface area contributed by atoms with Crippen LogP contribution in [0.5, 0.6) is 0 Å². The molecule has 2 heterocycles. The predicted octanol–water partition coefficient (Wildman–Crippen LogP) is 0.486. The van der Waals surface area contributed by atoms with Crippen LogP contribution in [-0.4, -0.2) is 39.3 Å². The normalized spacial score (nSPS) is 22.4. The van der Waals surface area contributed by atoms with Gasteiger partial charge >= 0.3 is 0 Å². The van der Waals surface area contributed by atoms with Crippen LogP contribution in [0.3, 0.4) is 0 Å². The Morgan fingerprint density at radius 2 is 2.36 bits per heavy atom. The number of aliphatic hydroxyl groups is 1. The number of β-amino-alcohol motifs (C(OH)–C–C–N with tert-alkyl or cyclic N) is 1. The molecule has 1 saturated heterocycles. The predicted molar refractivity (Wildman–Crippen MR) is 52.3 cm³/mol. The first-order valence-corrected chi connectivity index (χ1v) is 4.91. The summed E-state index contributed by atoms with van der Waals surface area (Å²) in [6.07, 6.45) is 2.88. The molecule has 0 saturated carbocycles. The molecule has 14 heavy (non-hydrogen) atoms. The van der Waals surface area contributed by atoms with E-state index in [1.165, 1.54) is 6.33 Å². The number of rotatable bonds is 1. The highest BCUT2D eigenvalue weighted by Crippen LogP contribution is 2.15. The second-order valence-corrected chi connectivity index (χ2v) is 3.63. The summed E-state index contributed by atoms with van der Waals surface area (Å²) in [5.41, 5.74) is 0. The Morgan fingerprint density at radius 1 is 1.50 bits per heavy atom.